The van der Waals surface area contributed by atoms with Crippen molar-refractivity contribution in [3.63, 3.8) is 0 Å². The number of carbonyl (C=O) groups is 1. The van der Waals surface area contributed by atoms with E-state index in [2.05, 4.69) is 0 Å². The number of carbonyl (C=O) groups excluding carboxylic acids is 1. The lowest BCUT2D eigenvalue weighted by Crippen LogP contribution is -2.42. The van der Waals surface area contributed by atoms with Gasteiger partial charge in [-0.05, 0) is 5.56 Å². The quantitative estimate of drug-likeness (QED) is 0.876. The van der Waals surface area contributed by atoms with Gasteiger partial charge in [-0.3, -0.25) is 0 Å². The van der Waals surface area contributed by atoms with E-state index in [0.29, 0.717) is 19.7 Å². The van der Waals surface area contributed by atoms with E-state index in [1.54, 1.807) is 4.90 Å². The first-order chi connectivity index (χ1) is 8.81. The minimum absolute atomic E-state index is 0.0339. The number of ether oxygens (including phenoxy) is 2. The van der Waals surface area contributed by atoms with Crippen molar-refractivity contribution in [3.05, 3.63) is 35.9 Å². The molecule has 5 heteroatoms. The van der Waals surface area contributed by atoms with Gasteiger partial charge < -0.3 is 19.5 Å². The highest BCUT2D eigenvalue weighted by molar-refractivity contribution is 5.67. The Hall–Kier alpha value is -1.59. The fourth-order valence-corrected chi connectivity index (χ4v) is 1.91. The number of benzene rings is 1. The van der Waals surface area contributed by atoms with E-state index in [1.807, 2.05) is 30.3 Å². The van der Waals surface area contributed by atoms with E-state index in [0.717, 1.165) is 5.56 Å². The Morgan fingerprint density at radius 1 is 1.44 bits per heavy atom. The van der Waals surface area contributed by atoms with Crippen LogP contribution in [0.3, 0.4) is 0 Å². The zero-order valence-electron chi connectivity index (χ0n) is 10.1. The van der Waals surface area contributed by atoms with Crippen molar-refractivity contribution in [1.29, 1.82) is 0 Å². The number of hydrogen-bond donors (Lipinski definition) is 1. The maximum Gasteiger partial charge on any atom is 0.410 e. The predicted molar refractivity (Wildman–Crippen MR) is 65.1 cm³/mol. The Balaban J connectivity index is 1.94. The number of hydrogen-bond acceptors (Lipinski definition) is 4. The van der Waals surface area contributed by atoms with Crippen LogP contribution in [0.5, 0.6) is 0 Å². The van der Waals surface area contributed by atoms with E-state index in [4.69, 9.17) is 14.6 Å². The molecule has 1 saturated heterocycles. The Morgan fingerprint density at radius 3 is 2.94 bits per heavy atom. The van der Waals surface area contributed by atoms with Gasteiger partial charge in [-0.25, -0.2) is 4.79 Å². The van der Waals surface area contributed by atoms with Crippen molar-refractivity contribution >= 4 is 6.09 Å². The molecule has 1 aromatic rings. The molecule has 18 heavy (non-hydrogen) atoms. The molecule has 1 atom stereocenters. The molecule has 1 aliphatic rings. The maximum atomic E-state index is 11.7. The first kappa shape index (κ1) is 12.9. The molecule has 5 nitrogen and oxygen atoms in total. The van der Waals surface area contributed by atoms with Gasteiger partial charge in [0, 0.05) is 6.54 Å². The number of amides is 1. The van der Waals surface area contributed by atoms with Crippen LogP contribution in [0.4, 0.5) is 4.79 Å². The summed E-state index contributed by atoms with van der Waals surface area (Å²) in [7, 11) is 0. The average Bonchev–Trinajstić information content (AvgIpc) is 2.46. The third kappa shape index (κ3) is 3.21. The fraction of sp³-hybridized carbons (Fsp3) is 0.462. The zero-order valence-corrected chi connectivity index (χ0v) is 10.1. The average molecular weight is 251 g/mol. The summed E-state index contributed by atoms with van der Waals surface area (Å²) >= 11 is 0. The molecule has 1 aromatic carbocycles. The van der Waals surface area contributed by atoms with Crippen LogP contribution in [0.1, 0.15) is 11.7 Å². The van der Waals surface area contributed by atoms with Crippen LogP contribution in [0.2, 0.25) is 0 Å². The summed E-state index contributed by atoms with van der Waals surface area (Å²) in [6.07, 6.45) is -0.505. The van der Waals surface area contributed by atoms with E-state index >= 15 is 0 Å². The monoisotopic (exact) mass is 251 g/mol. The van der Waals surface area contributed by atoms with Crippen LogP contribution in [-0.4, -0.2) is 49.0 Å². The molecule has 0 radical (unpaired) electrons. The van der Waals surface area contributed by atoms with Gasteiger partial charge in [-0.15, -0.1) is 0 Å². The second kappa shape index (κ2) is 6.37. The Morgan fingerprint density at radius 2 is 2.22 bits per heavy atom. The Kier molecular flexibility index (Phi) is 4.55. The van der Waals surface area contributed by atoms with Crippen LogP contribution >= 0.6 is 0 Å². The maximum absolute atomic E-state index is 11.7. The molecule has 0 saturated carbocycles. The molecule has 1 heterocycles. The van der Waals surface area contributed by atoms with Crippen LogP contribution in [0.25, 0.3) is 0 Å². The van der Waals surface area contributed by atoms with E-state index in [1.165, 1.54) is 0 Å². The highest BCUT2D eigenvalue weighted by Crippen LogP contribution is 2.22. The molecule has 2 rings (SSSR count). The molecule has 0 aromatic heterocycles. The summed E-state index contributed by atoms with van der Waals surface area (Å²) in [6, 6.07) is 9.80. The van der Waals surface area contributed by atoms with Crippen molar-refractivity contribution < 1.29 is 19.4 Å². The summed E-state index contributed by atoms with van der Waals surface area (Å²) in [4.78, 5) is 13.3. The summed E-state index contributed by atoms with van der Waals surface area (Å²) in [5.74, 6) is 0. The SMILES string of the molecule is O=C(OCCO)N1CCOC(c2ccccc2)C1. The third-order valence-corrected chi connectivity index (χ3v) is 2.81. The molecule has 0 aliphatic carbocycles. The molecule has 1 unspecified atom stereocenters. The molecule has 0 spiro atoms. The van der Waals surface area contributed by atoms with Crippen LogP contribution in [-0.2, 0) is 9.47 Å². The van der Waals surface area contributed by atoms with Gasteiger partial charge in [0.15, 0.2) is 0 Å². The minimum atomic E-state index is -0.395. The molecular formula is C13H17NO4. The third-order valence-electron chi connectivity index (χ3n) is 2.81. The first-order valence-corrected chi connectivity index (χ1v) is 6.00. The van der Waals surface area contributed by atoms with Gasteiger partial charge in [0.05, 0.1) is 19.8 Å². The van der Waals surface area contributed by atoms with Gasteiger partial charge in [-0.2, -0.15) is 0 Å². The van der Waals surface area contributed by atoms with E-state index in [9.17, 15) is 4.79 Å². The topological polar surface area (TPSA) is 59.0 Å². The summed E-state index contributed by atoms with van der Waals surface area (Å²) in [5.41, 5.74) is 1.05. The highest BCUT2D eigenvalue weighted by Gasteiger charge is 2.25. The second-order valence-electron chi connectivity index (χ2n) is 4.05. The number of morpholine rings is 1. The molecule has 1 amide bonds. The van der Waals surface area contributed by atoms with Crippen LogP contribution in [0, 0.1) is 0 Å². The van der Waals surface area contributed by atoms with Gasteiger partial charge in [-0.1, -0.05) is 30.3 Å². The Labute approximate surface area is 106 Å². The van der Waals surface area contributed by atoms with Crippen molar-refractivity contribution in [3.8, 4) is 0 Å². The second-order valence-corrected chi connectivity index (χ2v) is 4.05. The number of nitrogens with zero attached hydrogens (tertiary/aromatic N) is 1. The lowest BCUT2D eigenvalue weighted by Gasteiger charge is -2.32. The predicted octanol–water partition coefficient (Wildman–Crippen LogP) is 1.19. The van der Waals surface area contributed by atoms with Gasteiger partial charge in [0.25, 0.3) is 0 Å². The van der Waals surface area contributed by atoms with Crippen molar-refractivity contribution in [2.24, 2.45) is 0 Å². The van der Waals surface area contributed by atoms with E-state index < -0.39 is 6.09 Å². The molecule has 1 N–H and O–H groups in total. The molecular weight excluding hydrogens is 234 g/mol. The molecule has 0 bridgehead atoms. The first-order valence-electron chi connectivity index (χ1n) is 6.00. The number of rotatable bonds is 3. The molecule has 1 fully saturated rings. The minimum Gasteiger partial charge on any atom is -0.447 e. The van der Waals surface area contributed by atoms with Gasteiger partial charge in [0.1, 0.15) is 12.7 Å². The van der Waals surface area contributed by atoms with Crippen molar-refractivity contribution in [2.45, 2.75) is 6.10 Å². The van der Waals surface area contributed by atoms with E-state index in [-0.39, 0.29) is 19.3 Å². The lowest BCUT2D eigenvalue weighted by molar-refractivity contribution is -0.0299. The smallest absolute Gasteiger partial charge is 0.410 e. The Bertz CT molecular complexity index is 382. The number of aliphatic hydroxyl groups is 1. The lowest BCUT2D eigenvalue weighted by atomic mass is 10.1. The standard InChI is InChI=1S/C13H17NO4/c15-7-9-18-13(16)14-6-8-17-12(10-14)11-4-2-1-3-5-11/h1-5,12,15H,6-10H2. The summed E-state index contributed by atoms with van der Waals surface area (Å²) in [5, 5.41) is 8.62. The normalized spacial score (nSPS) is 19.6. The molecule has 1 aliphatic heterocycles. The fourth-order valence-electron chi connectivity index (χ4n) is 1.91. The summed E-state index contributed by atoms with van der Waals surface area (Å²) < 4.78 is 10.5. The van der Waals surface area contributed by atoms with Crippen molar-refractivity contribution in [2.75, 3.05) is 32.9 Å². The summed E-state index contributed by atoms with van der Waals surface area (Å²) in [6.45, 7) is 1.38. The number of aliphatic hydroxyl groups excluding tert-OH is 1. The van der Waals surface area contributed by atoms with Gasteiger partial charge in [0.2, 0.25) is 0 Å². The van der Waals surface area contributed by atoms with Crippen LogP contribution in [0.15, 0.2) is 30.3 Å². The highest BCUT2D eigenvalue weighted by atomic mass is 16.6. The van der Waals surface area contributed by atoms with Crippen LogP contribution < -0.4 is 0 Å². The van der Waals surface area contributed by atoms with Crippen molar-refractivity contribution in [1.82, 2.24) is 4.90 Å². The zero-order chi connectivity index (χ0) is 12.8. The van der Waals surface area contributed by atoms with Gasteiger partial charge >= 0.3 is 6.09 Å². The molecule has 98 valence electrons. The largest absolute Gasteiger partial charge is 0.447 e.